The summed E-state index contributed by atoms with van der Waals surface area (Å²) in [6, 6.07) is 6.03. The highest BCUT2D eigenvalue weighted by Gasteiger charge is 2.23. The zero-order valence-corrected chi connectivity index (χ0v) is 20.2. The summed E-state index contributed by atoms with van der Waals surface area (Å²) < 4.78 is 20.7. The minimum atomic E-state index is -0.618. The molecule has 34 heavy (non-hydrogen) atoms. The number of methoxy groups -OCH3 is 1. The van der Waals surface area contributed by atoms with Gasteiger partial charge in [-0.1, -0.05) is 17.7 Å². The fourth-order valence-electron chi connectivity index (χ4n) is 3.87. The largest absolute Gasteiger partial charge is 0.496 e. The molecule has 2 aromatic carbocycles. The number of ether oxygens (including phenoxy) is 1. The first-order valence-corrected chi connectivity index (χ1v) is 10.9. The molecule has 0 spiro atoms. The number of nitrogens with zero attached hydrogens (tertiary/aromatic N) is 4. The quantitative estimate of drug-likeness (QED) is 0.401. The van der Waals surface area contributed by atoms with Crippen LogP contribution >= 0.6 is 11.6 Å². The molecule has 0 radical (unpaired) electrons. The summed E-state index contributed by atoms with van der Waals surface area (Å²) in [5.74, 6) is 0.0658. The third-order valence-corrected chi connectivity index (χ3v) is 6.03. The van der Waals surface area contributed by atoms with Crippen LogP contribution in [0.15, 0.2) is 36.9 Å². The molecule has 8 nitrogen and oxygen atoms in total. The summed E-state index contributed by atoms with van der Waals surface area (Å²) in [6.07, 6.45) is 3.00. The highest BCUT2D eigenvalue weighted by atomic mass is 35.5. The average Bonchev–Trinajstić information content (AvgIpc) is 3.29. The molecule has 2 aromatic heterocycles. The Kier molecular flexibility index (Phi) is 6.39. The van der Waals surface area contributed by atoms with Crippen molar-refractivity contribution < 1.29 is 13.9 Å². The summed E-state index contributed by atoms with van der Waals surface area (Å²) in [5.41, 5.74) is 3.90. The van der Waals surface area contributed by atoms with Crippen LogP contribution in [0.5, 0.6) is 5.75 Å². The SMILES string of the molecule is COc1c(C(C)Nc2ncnc3[nH]cnc23)cc(Cl)c(C)c1-c1ccc(C(=O)N(C)C)c(F)c1. The van der Waals surface area contributed by atoms with Crippen LogP contribution < -0.4 is 10.1 Å². The molecule has 2 N–H and O–H groups in total. The van der Waals surface area contributed by atoms with Gasteiger partial charge in [0.2, 0.25) is 0 Å². The molecule has 0 fully saturated rings. The molecule has 176 valence electrons. The van der Waals surface area contributed by atoms with E-state index in [4.69, 9.17) is 16.3 Å². The standard InChI is InChI=1S/C24H24ClFN6O2/c1-12-17(25)9-16(13(2)31-23-20-22(28-10-27-20)29-11-30-23)21(34-5)19(12)14-6-7-15(18(26)8-14)24(33)32(3)4/h6-11,13H,1-5H3,(H2,27,28,29,30,31). The molecule has 2 heterocycles. The molecule has 10 heteroatoms. The Morgan fingerprint density at radius 2 is 2.00 bits per heavy atom. The molecule has 4 aromatic rings. The van der Waals surface area contributed by atoms with E-state index in [2.05, 4.69) is 25.3 Å². The van der Waals surface area contributed by atoms with E-state index < -0.39 is 11.7 Å². The van der Waals surface area contributed by atoms with E-state index in [1.807, 2.05) is 19.9 Å². The normalized spacial score (nSPS) is 12.0. The lowest BCUT2D eigenvalue weighted by molar-refractivity contribution is 0.0823. The van der Waals surface area contributed by atoms with Crippen molar-refractivity contribution in [3.63, 3.8) is 0 Å². The number of halogens is 2. The summed E-state index contributed by atoms with van der Waals surface area (Å²) in [6.45, 7) is 3.78. The van der Waals surface area contributed by atoms with Gasteiger partial charge in [-0.2, -0.15) is 0 Å². The maximum Gasteiger partial charge on any atom is 0.256 e. The monoisotopic (exact) mass is 482 g/mol. The Morgan fingerprint density at radius 3 is 2.68 bits per heavy atom. The number of hydrogen-bond acceptors (Lipinski definition) is 6. The summed E-state index contributed by atoms with van der Waals surface area (Å²) >= 11 is 6.60. The number of hydrogen-bond donors (Lipinski definition) is 2. The zero-order chi connectivity index (χ0) is 24.6. The summed E-state index contributed by atoms with van der Waals surface area (Å²) in [4.78, 5) is 29.3. The molecular formula is C24H24ClFN6O2. The second-order valence-electron chi connectivity index (χ2n) is 8.06. The minimum absolute atomic E-state index is 0.00515. The van der Waals surface area contributed by atoms with Gasteiger partial charge in [-0.15, -0.1) is 0 Å². The molecule has 0 aliphatic rings. The number of benzene rings is 2. The van der Waals surface area contributed by atoms with Gasteiger partial charge in [0.15, 0.2) is 11.5 Å². The minimum Gasteiger partial charge on any atom is -0.496 e. The van der Waals surface area contributed by atoms with Crippen LogP contribution in [0.25, 0.3) is 22.3 Å². The number of fused-ring (bicyclic) bond motifs is 1. The van der Waals surface area contributed by atoms with Crippen molar-refractivity contribution in [2.24, 2.45) is 0 Å². The Balaban J connectivity index is 1.80. The molecular weight excluding hydrogens is 459 g/mol. The first kappa shape index (κ1) is 23.4. The van der Waals surface area contributed by atoms with Gasteiger partial charge in [-0.05, 0) is 43.2 Å². The van der Waals surface area contributed by atoms with E-state index >= 15 is 0 Å². The van der Waals surface area contributed by atoms with Crippen molar-refractivity contribution in [3.05, 3.63) is 64.5 Å². The Bertz CT molecular complexity index is 1390. The number of H-pyrrole nitrogens is 1. The fraction of sp³-hybridized carbons (Fsp3) is 0.250. The number of carbonyl (C=O) groups is 1. The molecule has 0 aliphatic heterocycles. The highest BCUT2D eigenvalue weighted by Crippen LogP contribution is 2.43. The maximum absolute atomic E-state index is 14.9. The highest BCUT2D eigenvalue weighted by molar-refractivity contribution is 6.32. The van der Waals surface area contributed by atoms with Crippen molar-refractivity contribution in [2.75, 3.05) is 26.5 Å². The van der Waals surface area contributed by atoms with Crippen molar-refractivity contribution >= 4 is 34.5 Å². The van der Waals surface area contributed by atoms with Gasteiger partial charge >= 0.3 is 0 Å². The third kappa shape index (κ3) is 4.14. The number of rotatable bonds is 6. The van der Waals surface area contributed by atoms with Crippen LogP contribution in [0.1, 0.15) is 34.5 Å². The first-order chi connectivity index (χ1) is 16.2. The first-order valence-electron chi connectivity index (χ1n) is 10.5. The molecule has 0 saturated carbocycles. The topological polar surface area (TPSA) is 96.0 Å². The van der Waals surface area contributed by atoms with Crippen LogP contribution in [0.2, 0.25) is 5.02 Å². The number of anilines is 1. The number of amides is 1. The van der Waals surface area contributed by atoms with Gasteiger partial charge in [0, 0.05) is 30.2 Å². The van der Waals surface area contributed by atoms with Gasteiger partial charge in [0.1, 0.15) is 23.4 Å². The molecule has 0 saturated heterocycles. The van der Waals surface area contributed by atoms with Gasteiger partial charge in [0.05, 0.1) is 25.0 Å². The van der Waals surface area contributed by atoms with Gasteiger partial charge < -0.3 is 19.9 Å². The van der Waals surface area contributed by atoms with Crippen LogP contribution in [-0.2, 0) is 0 Å². The second-order valence-corrected chi connectivity index (χ2v) is 8.47. The molecule has 0 aliphatic carbocycles. The predicted molar refractivity (Wildman–Crippen MR) is 130 cm³/mol. The maximum atomic E-state index is 14.9. The third-order valence-electron chi connectivity index (χ3n) is 5.64. The van der Waals surface area contributed by atoms with E-state index in [0.29, 0.717) is 38.9 Å². The lowest BCUT2D eigenvalue weighted by atomic mass is 9.93. The Labute approximate surface area is 201 Å². The van der Waals surface area contributed by atoms with Crippen molar-refractivity contribution in [1.82, 2.24) is 24.8 Å². The lowest BCUT2D eigenvalue weighted by Crippen LogP contribution is -2.22. The van der Waals surface area contributed by atoms with Crippen LogP contribution in [0, 0.1) is 12.7 Å². The van der Waals surface area contributed by atoms with Gasteiger partial charge in [-0.3, -0.25) is 4.79 Å². The predicted octanol–water partition coefficient (Wildman–Crippen LogP) is 5.00. The van der Waals surface area contributed by atoms with Crippen molar-refractivity contribution in [1.29, 1.82) is 0 Å². The lowest BCUT2D eigenvalue weighted by Gasteiger charge is -2.23. The molecule has 1 atom stereocenters. The smallest absolute Gasteiger partial charge is 0.256 e. The fourth-order valence-corrected chi connectivity index (χ4v) is 4.08. The van der Waals surface area contributed by atoms with Gasteiger partial charge in [-0.25, -0.2) is 19.3 Å². The van der Waals surface area contributed by atoms with E-state index in [1.165, 1.54) is 23.4 Å². The van der Waals surface area contributed by atoms with Crippen molar-refractivity contribution in [2.45, 2.75) is 19.9 Å². The van der Waals surface area contributed by atoms with Gasteiger partial charge in [0.25, 0.3) is 5.91 Å². The van der Waals surface area contributed by atoms with Crippen LogP contribution in [-0.4, -0.2) is 51.9 Å². The van der Waals surface area contributed by atoms with E-state index in [0.717, 1.165) is 11.1 Å². The summed E-state index contributed by atoms with van der Waals surface area (Å²) in [7, 11) is 4.71. The second kappa shape index (κ2) is 9.26. The zero-order valence-electron chi connectivity index (χ0n) is 19.4. The molecule has 1 amide bonds. The van der Waals surface area contributed by atoms with E-state index in [9.17, 15) is 9.18 Å². The molecule has 1 unspecified atom stereocenters. The van der Waals surface area contributed by atoms with Crippen LogP contribution in [0.3, 0.4) is 0 Å². The van der Waals surface area contributed by atoms with Crippen LogP contribution in [0.4, 0.5) is 10.2 Å². The number of aromatic amines is 1. The summed E-state index contributed by atoms with van der Waals surface area (Å²) in [5, 5.41) is 3.84. The number of carbonyl (C=O) groups excluding carboxylic acids is 1. The number of imidazole rings is 1. The Morgan fingerprint density at radius 1 is 1.24 bits per heavy atom. The number of nitrogens with one attached hydrogen (secondary N) is 2. The Hall–Kier alpha value is -3.72. The van der Waals surface area contributed by atoms with E-state index in [1.54, 1.807) is 33.6 Å². The average molecular weight is 483 g/mol. The van der Waals surface area contributed by atoms with Crippen molar-refractivity contribution in [3.8, 4) is 16.9 Å². The number of aromatic nitrogens is 4. The molecule has 4 rings (SSSR count). The molecule has 0 bridgehead atoms. The van der Waals surface area contributed by atoms with E-state index in [-0.39, 0.29) is 11.6 Å².